The molecule has 2 N–H and O–H groups in total. The lowest BCUT2D eigenvalue weighted by molar-refractivity contribution is -0.125. The van der Waals surface area contributed by atoms with Crippen molar-refractivity contribution in [2.75, 3.05) is 23.7 Å². The summed E-state index contributed by atoms with van der Waals surface area (Å²) in [7, 11) is 0. The minimum atomic E-state index is -0.379. The fraction of sp³-hybridized carbons (Fsp3) is 0.200. The zero-order valence-corrected chi connectivity index (χ0v) is 19.4. The van der Waals surface area contributed by atoms with Crippen molar-refractivity contribution in [3.05, 3.63) is 78.4 Å². The van der Waals surface area contributed by atoms with Crippen LogP contribution in [0.1, 0.15) is 17.4 Å². The summed E-state index contributed by atoms with van der Waals surface area (Å²) in [6, 6.07) is 22.9. The van der Waals surface area contributed by atoms with Crippen LogP contribution in [0.3, 0.4) is 0 Å². The molecule has 0 aromatic heterocycles. The first-order valence-electron chi connectivity index (χ1n) is 10.8. The van der Waals surface area contributed by atoms with Gasteiger partial charge in [-0.1, -0.05) is 48.2 Å². The largest absolute Gasteiger partial charge is 0.508 e. The Morgan fingerprint density at radius 3 is 2.27 bits per heavy atom. The second-order valence-electron chi connectivity index (χ2n) is 7.79. The maximum atomic E-state index is 12.9. The van der Waals surface area contributed by atoms with E-state index in [2.05, 4.69) is 34.5 Å². The molecule has 2 aliphatic rings. The Labute approximate surface area is 201 Å². The highest BCUT2D eigenvalue weighted by atomic mass is 32.2. The van der Waals surface area contributed by atoms with Gasteiger partial charge in [0.05, 0.1) is 17.1 Å². The summed E-state index contributed by atoms with van der Waals surface area (Å²) in [6.45, 7) is 1.21. The standard InChI is InChI=1S/C25H23N3O3S2/c29-18-12-10-17(11-13-18)24-28(23(30)16-32-24)25(31)26-14-5-15-27-19-6-1-3-8-21(19)33-22-9-4-2-7-20(22)27/h1-4,6-13,24,29H,5,14-16H2,(H,26,31). The first-order valence-corrected chi connectivity index (χ1v) is 12.6. The van der Waals surface area contributed by atoms with Gasteiger partial charge in [-0.3, -0.25) is 4.79 Å². The van der Waals surface area contributed by atoms with Gasteiger partial charge in [0.15, 0.2) is 0 Å². The molecule has 168 valence electrons. The Hall–Kier alpha value is -3.10. The number of aromatic hydroxyl groups is 1. The third kappa shape index (κ3) is 4.41. The number of phenolic OH excluding ortho intramolecular Hbond substituents is 1. The molecule has 1 atom stereocenters. The topological polar surface area (TPSA) is 72.9 Å². The summed E-state index contributed by atoms with van der Waals surface area (Å²) in [5.41, 5.74) is 3.16. The van der Waals surface area contributed by atoms with E-state index in [1.54, 1.807) is 36.0 Å². The number of amides is 3. The normalized spacial score (nSPS) is 17.0. The Morgan fingerprint density at radius 1 is 0.970 bits per heavy atom. The minimum Gasteiger partial charge on any atom is -0.508 e. The number of hydrogen-bond acceptors (Lipinski definition) is 6. The van der Waals surface area contributed by atoms with Crippen LogP contribution in [-0.2, 0) is 4.79 Å². The second kappa shape index (κ2) is 9.41. The van der Waals surface area contributed by atoms with E-state index in [0.29, 0.717) is 6.54 Å². The Kier molecular flexibility index (Phi) is 6.20. The van der Waals surface area contributed by atoms with Gasteiger partial charge in [0.25, 0.3) is 0 Å². The third-order valence-corrected chi connectivity index (χ3v) is 7.97. The molecule has 1 saturated heterocycles. The number of nitrogens with one attached hydrogen (secondary N) is 1. The lowest BCUT2D eigenvalue weighted by Gasteiger charge is -2.32. The number of carbonyl (C=O) groups is 2. The quantitative estimate of drug-likeness (QED) is 0.482. The molecule has 33 heavy (non-hydrogen) atoms. The number of urea groups is 1. The van der Waals surface area contributed by atoms with Crippen LogP contribution in [0.5, 0.6) is 5.75 Å². The molecule has 0 aliphatic carbocycles. The molecule has 5 rings (SSSR count). The van der Waals surface area contributed by atoms with Crippen molar-refractivity contribution in [1.82, 2.24) is 10.2 Å². The highest BCUT2D eigenvalue weighted by Gasteiger charge is 2.37. The number of benzene rings is 3. The van der Waals surface area contributed by atoms with Crippen molar-refractivity contribution in [2.24, 2.45) is 0 Å². The van der Waals surface area contributed by atoms with Gasteiger partial charge < -0.3 is 15.3 Å². The highest BCUT2D eigenvalue weighted by Crippen LogP contribution is 2.47. The number of rotatable bonds is 5. The van der Waals surface area contributed by atoms with Crippen molar-refractivity contribution >= 4 is 46.8 Å². The summed E-state index contributed by atoms with van der Waals surface area (Å²) >= 11 is 3.19. The smallest absolute Gasteiger partial charge is 0.325 e. The van der Waals surface area contributed by atoms with E-state index in [-0.39, 0.29) is 28.8 Å². The molecule has 3 amide bonds. The number of fused-ring (bicyclic) bond motifs is 2. The van der Waals surface area contributed by atoms with E-state index in [4.69, 9.17) is 0 Å². The molecule has 6 nitrogen and oxygen atoms in total. The van der Waals surface area contributed by atoms with Gasteiger partial charge in [0.2, 0.25) is 5.91 Å². The molecule has 2 heterocycles. The van der Waals surface area contributed by atoms with Crippen LogP contribution >= 0.6 is 23.5 Å². The summed E-state index contributed by atoms with van der Waals surface area (Å²) in [5.74, 6) is 0.215. The van der Waals surface area contributed by atoms with Gasteiger partial charge >= 0.3 is 6.03 Å². The summed E-state index contributed by atoms with van der Waals surface area (Å²) in [6.07, 6.45) is 0.734. The van der Waals surface area contributed by atoms with Crippen molar-refractivity contribution in [3.63, 3.8) is 0 Å². The highest BCUT2D eigenvalue weighted by molar-refractivity contribution is 8.00. The summed E-state index contributed by atoms with van der Waals surface area (Å²) in [5, 5.41) is 12.1. The number of anilines is 2. The van der Waals surface area contributed by atoms with Crippen LogP contribution in [0.15, 0.2) is 82.6 Å². The average Bonchev–Trinajstić information content (AvgIpc) is 3.22. The molecule has 0 spiro atoms. The van der Waals surface area contributed by atoms with Crippen LogP contribution in [0.2, 0.25) is 0 Å². The van der Waals surface area contributed by atoms with Crippen molar-refractivity contribution in [1.29, 1.82) is 0 Å². The maximum absolute atomic E-state index is 12.9. The number of nitrogens with zero attached hydrogens (tertiary/aromatic N) is 2. The van der Waals surface area contributed by atoms with E-state index in [1.165, 1.54) is 37.8 Å². The molecule has 0 radical (unpaired) electrons. The summed E-state index contributed by atoms with van der Waals surface area (Å²) < 4.78 is 0. The first kappa shape index (κ1) is 21.7. The van der Waals surface area contributed by atoms with Crippen LogP contribution in [0.25, 0.3) is 0 Å². The predicted molar refractivity (Wildman–Crippen MR) is 132 cm³/mol. The Bertz CT molecular complexity index is 1140. The fourth-order valence-corrected chi connectivity index (χ4v) is 6.32. The number of carbonyl (C=O) groups excluding carboxylic acids is 2. The minimum absolute atomic E-state index is 0.156. The average molecular weight is 478 g/mol. The van der Waals surface area contributed by atoms with Crippen molar-refractivity contribution in [3.8, 4) is 5.75 Å². The molecule has 1 fully saturated rings. The number of para-hydroxylation sites is 2. The molecule has 3 aromatic rings. The monoisotopic (exact) mass is 477 g/mol. The van der Waals surface area contributed by atoms with Gasteiger partial charge in [-0.15, -0.1) is 11.8 Å². The summed E-state index contributed by atoms with van der Waals surface area (Å²) in [4.78, 5) is 31.3. The molecular weight excluding hydrogens is 454 g/mol. The van der Waals surface area contributed by atoms with Crippen LogP contribution in [0, 0.1) is 0 Å². The molecule has 0 bridgehead atoms. The van der Waals surface area contributed by atoms with Crippen LogP contribution in [0.4, 0.5) is 16.2 Å². The lowest BCUT2D eigenvalue weighted by atomic mass is 10.2. The zero-order valence-electron chi connectivity index (χ0n) is 17.8. The Balaban J connectivity index is 1.23. The van der Waals surface area contributed by atoms with E-state index < -0.39 is 0 Å². The predicted octanol–water partition coefficient (Wildman–Crippen LogP) is 5.37. The maximum Gasteiger partial charge on any atom is 0.325 e. The number of thioether (sulfide) groups is 1. The third-order valence-electron chi connectivity index (χ3n) is 5.63. The van der Waals surface area contributed by atoms with E-state index >= 15 is 0 Å². The van der Waals surface area contributed by atoms with Crippen LogP contribution in [-0.4, -0.2) is 40.8 Å². The van der Waals surface area contributed by atoms with Gasteiger partial charge in [-0.05, 0) is 48.4 Å². The second-order valence-corrected chi connectivity index (χ2v) is 9.95. The van der Waals surface area contributed by atoms with Crippen molar-refractivity contribution in [2.45, 2.75) is 21.6 Å². The zero-order chi connectivity index (χ0) is 22.8. The molecule has 2 aliphatic heterocycles. The lowest BCUT2D eigenvalue weighted by Crippen LogP contribution is -2.43. The van der Waals surface area contributed by atoms with Gasteiger partial charge in [-0.2, -0.15) is 0 Å². The number of hydrogen-bond donors (Lipinski definition) is 2. The molecule has 1 unspecified atom stereocenters. The Morgan fingerprint density at radius 2 is 1.61 bits per heavy atom. The molecule has 3 aromatic carbocycles. The first-order chi connectivity index (χ1) is 16.1. The number of phenols is 1. The van der Waals surface area contributed by atoms with E-state index in [9.17, 15) is 14.7 Å². The van der Waals surface area contributed by atoms with Crippen LogP contribution < -0.4 is 10.2 Å². The number of imide groups is 1. The SMILES string of the molecule is O=C1CSC(c2ccc(O)cc2)N1C(=O)NCCCN1c2ccccc2Sc2ccccc21. The van der Waals surface area contributed by atoms with Crippen molar-refractivity contribution < 1.29 is 14.7 Å². The van der Waals surface area contributed by atoms with Gasteiger partial charge in [-0.25, -0.2) is 9.69 Å². The fourth-order valence-electron chi connectivity index (χ4n) is 4.07. The molecule has 8 heteroatoms. The van der Waals surface area contributed by atoms with E-state index in [0.717, 1.165) is 18.5 Å². The molecular formula is C25H23N3O3S2. The van der Waals surface area contributed by atoms with Gasteiger partial charge in [0, 0.05) is 22.9 Å². The molecule has 0 saturated carbocycles. The van der Waals surface area contributed by atoms with Gasteiger partial charge in [0.1, 0.15) is 11.1 Å². The van der Waals surface area contributed by atoms with E-state index in [1.807, 2.05) is 24.3 Å².